The van der Waals surface area contributed by atoms with Gasteiger partial charge in [0.1, 0.15) is 6.10 Å². The molecule has 3 rings (SSSR count). The Morgan fingerprint density at radius 2 is 2.03 bits per heavy atom. The molecule has 7 heteroatoms. The van der Waals surface area contributed by atoms with Crippen LogP contribution in [-0.2, 0) is 14.4 Å². The fraction of sp³-hybridized carbons (Fsp3) is 0.625. The lowest BCUT2D eigenvalue weighted by atomic mass is 9.73. The topological polar surface area (TPSA) is 74.2 Å². The number of amides is 2. The number of hydrogen-bond acceptors (Lipinski definition) is 5. The Morgan fingerprint density at radius 1 is 1.32 bits per heavy atom. The molecule has 0 spiro atoms. The van der Waals surface area contributed by atoms with Gasteiger partial charge in [-0.15, -0.1) is 0 Å². The molecular formula is C24H36N4O3. The van der Waals surface area contributed by atoms with Gasteiger partial charge in [-0.2, -0.15) is 0 Å². The van der Waals surface area contributed by atoms with Gasteiger partial charge in [0.25, 0.3) is 0 Å². The van der Waals surface area contributed by atoms with Gasteiger partial charge in [0.15, 0.2) is 0 Å². The van der Waals surface area contributed by atoms with Crippen LogP contribution in [0.2, 0.25) is 0 Å². The first-order valence-corrected chi connectivity index (χ1v) is 11.2. The zero-order valence-electron chi connectivity index (χ0n) is 19.5. The molecule has 1 aromatic carbocycles. The summed E-state index contributed by atoms with van der Waals surface area (Å²) in [6.45, 7) is 7.55. The van der Waals surface area contributed by atoms with Gasteiger partial charge in [0, 0.05) is 45.4 Å². The summed E-state index contributed by atoms with van der Waals surface area (Å²) >= 11 is 0. The minimum atomic E-state index is -0.659. The number of benzene rings is 1. The number of carbonyl (C=O) groups is 2. The van der Waals surface area contributed by atoms with Crippen molar-refractivity contribution in [2.45, 2.75) is 58.6 Å². The molecule has 0 radical (unpaired) electrons. The highest BCUT2D eigenvalue weighted by Gasteiger charge is 2.46. The van der Waals surface area contributed by atoms with Crippen molar-refractivity contribution in [1.82, 2.24) is 15.1 Å². The van der Waals surface area contributed by atoms with Crippen LogP contribution in [0.25, 0.3) is 0 Å². The first-order chi connectivity index (χ1) is 14.7. The maximum absolute atomic E-state index is 13.5. The molecule has 170 valence electrons. The van der Waals surface area contributed by atoms with Gasteiger partial charge in [-0.25, -0.2) is 0 Å². The van der Waals surface area contributed by atoms with Gasteiger partial charge < -0.3 is 20.0 Å². The molecule has 31 heavy (non-hydrogen) atoms. The predicted octanol–water partition coefficient (Wildman–Crippen LogP) is 2.57. The SMILES string of the molecule is CC(=O)N1CCCC(CC2CC(c3ccc(C)cc3)=NO2)(C(=O)NC(C)CN(C)C)C1. The van der Waals surface area contributed by atoms with Gasteiger partial charge in [0.2, 0.25) is 11.8 Å². The second-order valence-corrected chi connectivity index (χ2v) is 9.50. The monoisotopic (exact) mass is 428 g/mol. The Kier molecular flexibility index (Phi) is 7.36. The number of likely N-dealkylation sites (N-methyl/N-ethyl adjacent to an activating group) is 1. The van der Waals surface area contributed by atoms with E-state index in [2.05, 4.69) is 46.6 Å². The fourth-order valence-electron chi connectivity index (χ4n) is 4.71. The third kappa shape index (κ3) is 5.85. The van der Waals surface area contributed by atoms with E-state index in [9.17, 15) is 9.59 Å². The number of rotatable bonds is 7. The summed E-state index contributed by atoms with van der Waals surface area (Å²) in [6, 6.07) is 8.28. The normalized spacial score (nSPS) is 24.5. The molecule has 2 amide bonds. The van der Waals surface area contributed by atoms with Crippen molar-refractivity contribution in [1.29, 1.82) is 0 Å². The average molecular weight is 429 g/mol. The molecule has 1 fully saturated rings. The van der Waals surface area contributed by atoms with Crippen LogP contribution in [0.4, 0.5) is 0 Å². The van der Waals surface area contributed by atoms with Crippen molar-refractivity contribution >= 4 is 17.5 Å². The predicted molar refractivity (Wildman–Crippen MR) is 122 cm³/mol. The van der Waals surface area contributed by atoms with Gasteiger partial charge in [-0.3, -0.25) is 9.59 Å². The number of likely N-dealkylation sites (tertiary alicyclic amines) is 1. The van der Waals surface area contributed by atoms with Crippen molar-refractivity contribution in [3.8, 4) is 0 Å². The van der Waals surface area contributed by atoms with Crippen LogP contribution >= 0.6 is 0 Å². The molecule has 1 saturated heterocycles. The fourth-order valence-corrected chi connectivity index (χ4v) is 4.71. The molecular weight excluding hydrogens is 392 g/mol. The first-order valence-electron chi connectivity index (χ1n) is 11.2. The van der Waals surface area contributed by atoms with E-state index in [0.717, 1.165) is 30.7 Å². The van der Waals surface area contributed by atoms with E-state index in [0.29, 0.717) is 25.9 Å². The van der Waals surface area contributed by atoms with Gasteiger partial charge in [0.05, 0.1) is 11.1 Å². The van der Waals surface area contributed by atoms with E-state index >= 15 is 0 Å². The van der Waals surface area contributed by atoms with Crippen LogP contribution in [0.15, 0.2) is 29.4 Å². The van der Waals surface area contributed by atoms with E-state index in [1.165, 1.54) is 5.56 Å². The van der Waals surface area contributed by atoms with Crippen LogP contribution in [0, 0.1) is 12.3 Å². The van der Waals surface area contributed by atoms with Crippen molar-refractivity contribution in [2.75, 3.05) is 33.7 Å². The lowest BCUT2D eigenvalue weighted by Crippen LogP contribution is -2.56. The van der Waals surface area contributed by atoms with E-state index in [4.69, 9.17) is 4.84 Å². The van der Waals surface area contributed by atoms with Crippen LogP contribution in [-0.4, -0.2) is 73.2 Å². The third-order valence-corrected chi connectivity index (χ3v) is 6.26. The first kappa shape index (κ1) is 23.3. The Bertz CT molecular complexity index is 821. The van der Waals surface area contributed by atoms with Gasteiger partial charge in [-0.1, -0.05) is 35.0 Å². The Morgan fingerprint density at radius 3 is 2.68 bits per heavy atom. The smallest absolute Gasteiger partial charge is 0.228 e. The Labute approximate surface area is 185 Å². The highest BCUT2D eigenvalue weighted by atomic mass is 16.6. The molecule has 1 aromatic rings. The number of oxime groups is 1. The molecule has 0 aliphatic carbocycles. The lowest BCUT2D eigenvalue weighted by molar-refractivity contribution is -0.143. The van der Waals surface area contributed by atoms with Crippen LogP contribution in [0.3, 0.4) is 0 Å². The van der Waals surface area contributed by atoms with Gasteiger partial charge in [-0.05, 0) is 46.3 Å². The second kappa shape index (κ2) is 9.81. The zero-order chi connectivity index (χ0) is 22.6. The summed E-state index contributed by atoms with van der Waals surface area (Å²) in [5.74, 6) is 0.0299. The minimum absolute atomic E-state index is 0.0141. The van der Waals surface area contributed by atoms with Crippen molar-refractivity contribution in [3.05, 3.63) is 35.4 Å². The number of hydrogen-bond donors (Lipinski definition) is 1. The van der Waals surface area contributed by atoms with Crippen LogP contribution in [0.1, 0.15) is 50.7 Å². The summed E-state index contributed by atoms with van der Waals surface area (Å²) in [5.41, 5.74) is 2.52. The third-order valence-electron chi connectivity index (χ3n) is 6.26. The van der Waals surface area contributed by atoms with E-state index in [1.54, 1.807) is 11.8 Å². The molecule has 2 heterocycles. The van der Waals surface area contributed by atoms with Crippen molar-refractivity contribution < 1.29 is 14.4 Å². The number of aryl methyl sites for hydroxylation is 1. The molecule has 2 aliphatic heterocycles. The van der Waals surface area contributed by atoms with E-state index in [-0.39, 0.29) is 24.0 Å². The molecule has 0 bridgehead atoms. The summed E-state index contributed by atoms with van der Waals surface area (Å²) in [6.07, 6.45) is 2.62. The summed E-state index contributed by atoms with van der Waals surface area (Å²) in [7, 11) is 3.99. The number of nitrogens with one attached hydrogen (secondary N) is 1. The standard InChI is InChI=1S/C24H36N4O3/c1-17-7-9-20(10-8-17)22-13-21(31-26-22)14-24(11-6-12-28(16-24)19(3)29)23(30)25-18(2)15-27(4)5/h7-10,18,21H,6,11-16H2,1-5H3,(H,25,30). The quantitative estimate of drug-likeness (QED) is 0.724. The highest BCUT2D eigenvalue weighted by Crippen LogP contribution is 2.38. The number of nitrogens with zero attached hydrogens (tertiary/aromatic N) is 3. The molecule has 3 atom stereocenters. The minimum Gasteiger partial charge on any atom is -0.392 e. The number of piperidine rings is 1. The average Bonchev–Trinajstić information content (AvgIpc) is 3.16. The molecule has 2 aliphatic rings. The molecule has 3 unspecified atom stereocenters. The zero-order valence-corrected chi connectivity index (χ0v) is 19.5. The maximum Gasteiger partial charge on any atom is 0.228 e. The summed E-state index contributed by atoms with van der Waals surface area (Å²) in [5, 5.41) is 7.52. The Hall–Kier alpha value is -2.41. The van der Waals surface area contributed by atoms with E-state index in [1.807, 2.05) is 21.0 Å². The maximum atomic E-state index is 13.5. The molecule has 7 nitrogen and oxygen atoms in total. The number of carbonyl (C=O) groups excluding carboxylic acids is 2. The van der Waals surface area contributed by atoms with Crippen molar-refractivity contribution in [2.24, 2.45) is 10.6 Å². The Balaban J connectivity index is 1.73. The molecule has 0 aromatic heterocycles. The highest BCUT2D eigenvalue weighted by molar-refractivity contribution is 6.01. The van der Waals surface area contributed by atoms with Gasteiger partial charge >= 0.3 is 0 Å². The summed E-state index contributed by atoms with van der Waals surface area (Å²) < 4.78 is 0. The second-order valence-electron chi connectivity index (χ2n) is 9.50. The van der Waals surface area contributed by atoms with Crippen molar-refractivity contribution in [3.63, 3.8) is 0 Å². The van der Waals surface area contributed by atoms with E-state index < -0.39 is 5.41 Å². The lowest BCUT2D eigenvalue weighted by Gasteiger charge is -2.42. The molecule has 1 N–H and O–H groups in total. The summed E-state index contributed by atoms with van der Waals surface area (Å²) in [4.78, 5) is 35.3. The molecule has 0 saturated carbocycles. The van der Waals surface area contributed by atoms with Crippen LogP contribution < -0.4 is 5.32 Å². The van der Waals surface area contributed by atoms with Crippen LogP contribution in [0.5, 0.6) is 0 Å². The largest absolute Gasteiger partial charge is 0.392 e.